The van der Waals surface area contributed by atoms with Gasteiger partial charge in [-0.3, -0.25) is 24.6 Å². The van der Waals surface area contributed by atoms with Crippen LogP contribution < -0.4 is 4.90 Å². The zero-order valence-electron chi connectivity index (χ0n) is 70.2. The minimum absolute atomic E-state index is 0. The number of halogens is 1. The quantitative estimate of drug-likeness (QED) is 0.0802. The predicted molar refractivity (Wildman–Crippen MR) is 493 cm³/mol. The molecule has 4 radical (unpaired) electrons. The number of rotatable bonds is 10. The molecular weight excluding hydrogens is 2270 g/mol. The molecule has 0 bridgehead atoms. The molecule has 0 amide bonds. The number of fused-ring (bicyclic) bond motifs is 5. The monoisotopic (exact) mass is 2350 g/mol. The van der Waals surface area contributed by atoms with Crippen LogP contribution in [0.3, 0.4) is 0 Å². The maximum absolute atomic E-state index is 13.5. The third-order valence-corrected chi connectivity index (χ3v) is 20.0. The van der Waals surface area contributed by atoms with Gasteiger partial charge in [0.1, 0.15) is 17.5 Å². The first-order valence-electron chi connectivity index (χ1n) is 40.2. The van der Waals surface area contributed by atoms with Gasteiger partial charge >= 0.3 is 0 Å². The standard InChI is InChI=1S/C30H19N3.C18H15FN.2C18H14N.2C11H8N.C5H8O2.4Ir/c1-3-8-20(9-4-1)26-16-14-24-18-22-12-7-13-23-19-25-15-17-27(21-10-5-2-6-11-21)32-30(25)33(28(22)23)29(24)31-26;1-11-6-12(2)8-15(7-11)17-5-4-14-10-16(19)13(3)9-18(14)20-17;2*1-14-12-18(16-10-6-3-7-11-16)19-13-17(14)15-8-4-2-5-9-15;2*1-2-6-10(7-3-1)11-8-4-5-9-12-11;1-4(6)3-5(2)7;;;;/h1-8,10,12-17H,18-19H2;4-7,9-10H,1-3H3;2*2-10,12-13H,1H3;2*1-6,8-9H;3,6H,1-2H3;;;;/q-2;5*-1;;;;;. The van der Waals surface area contributed by atoms with Crippen LogP contribution in [0.4, 0.5) is 21.7 Å². The summed E-state index contributed by atoms with van der Waals surface area (Å²) < 4.78 is 13.5. The number of carbonyl (C=O) groups is 1. The molecule has 0 atom stereocenters. The number of pyridine rings is 7. The van der Waals surface area contributed by atoms with Crippen LogP contribution in [0, 0.1) is 82.9 Å². The fraction of sp³-hybridized carbons (Fsp3) is 0.0811. The number of aromatic nitrogens is 7. The van der Waals surface area contributed by atoms with Crippen LogP contribution in [0.1, 0.15) is 63.9 Å². The summed E-state index contributed by atoms with van der Waals surface area (Å²) in [4.78, 5) is 44.8. The van der Waals surface area contributed by atoms with Crippen molar-refractivity contribution < 1.29 is 94.7 Å². The fourth-order valence-corrected chi connectivity index (χ4v) is 14.2. The summed E-state index contributed by atoms with van der Waals surface area (Å²) in [7, 11) is 0. The first-order valence-corrected chi connectivity index (χ1v) is 40.2. The molecule has 632 valence electrons. The largest absolute Gasteiger partial charge is 0.512 e. The van der Waals surface area contributed by atoms with Gasteiger partial charge in [0.05, 0.1) is 17.0 Å². The average Bonchev–Trinajstić information content (AvgIpc) is 0.722. The SMILES string of the molecule is CC(=O)C=C(C)O.Cc1[c-]c(-c2ccc3cc(F)c(C)cc3n2)cc(C)c1.Cc1cc(-c2[c-]cccc2)ncc1-c1ccccc1.Cc1cc(-c2[c-]cccc2)ncc1-c1ccccc1.[Ir].[Ir].[Ir].[Ir].[c-]1ccccc1-c1ccc2c(n1)N1c3nc(-c4[c-]cccc4)ccc3Cc3cccc(c31)C2.[c-]1ccccc1-c1ccccn1.[c-]1ccccc1-c1ccccn1. The molecule has 10 nitrogen and oxygen atoms in total. The van der Waals surface area contributed by atoms with E-state index in [1.807, 2.05) is 238 Å². The third kappa shape index (κ3) is 25.5. The Kier molecular flexibility index (Phi) is 35.9. The third-order valence-electron chi connectivity index (χ3n) is 20.0. The molecular formula is C111H86FIr4N8O2-7. The minimum Gasteiger partial charge on any atom is -0.512 e. The molecule has 0 spiro atoms. The zero-order valence-corrected chi connectivity index (χ0v) is 79.8. The number of allylic oxidation sites excluding steroid dienone is 2. The molecule has 15 heteroatoms. The second kappa shape index (κ2) is 47.4. The number of aliphatic hydroxyl groups is 1. The van der Waals surface area contributed by atoms with Crippen molar-refractivity contribution in [2.45, 2.75) is 61.3 Å². The second-order valence-corrected chi connectivity index (χ2v) is 29.2. The summed E-state index contributed by atoms with van der Waals surface area (Å²) in [6, 6.07) is 133. The van der Waals surface area contributed by atoms with Crippen LogP contribution in [-0.4, -0.2) is 45.8 Å². The van der Waals surface area contributed by atoms with Crippen LogP contribution in [-0.2, 0) is 98.1 Å². The van der Waals surface area contributed by atoms with E-state index in [1.165, 1.54) is 92.9 Å². The van der Waals surface area contributed by atoms with Crippen LogP contribution in [0.25, 0.3) is 112 Å². The van der Waals surface area contributed by atoms with Crippen LogP contribution >= 0.6 is 0 Å². The number of hydrogen-bond donors (Lipinski definition) is 1. The number of para-hydroxylation sites is 1. The van der Waals surface area contributed by atoms with Crippen molar-refractivity contribution >= 4 is 34.0 Å². The Balaban J connectivity index is 0.000000159. The van der Waals surface area contributed by atoms with E-state index in [0.717, 1.165) is 120 Å². The topological polar surface area (TPSA) is 131 Å². The smallest absolute Gasteiger partial charge is 0.155 e. The Morgan fingerprint density at radius 2 is 0.754 bits per heavy atom. The van der Waals surface area contributed by atoms with Gasteiger partial charge in [0.15, 0.2) is 5.78 Å². The van der Waals surface area contributed by atoms with E-state index in [0.29, 0.717) is 5.56 Å². The number of anilines is 3. The molecule has 2 aliphatic rings. The first kappa shape index (κ1) is 95.5. The molecule has 11 aromatic carbocycles. The van der Waals surface area contributed by atoms with E-state index < -0.39 is 0 Å². The van der Waals surface area contributed by atoms with Gasteiger partial charge in [-0.15, -0.1) is 250 Å². The Hall–Kier alpha value is -12.7. The molecule has 0 unspecified atom stereocenters. The minimum atomic E-state index is -0.190. The molecule has 0 fully saturated rings. The van der Waals surface area contributed by atoms with Crippen molar-refractivity contribution in [3.05, 3.63) is 469 Å². The van der Waals surface area contributed by atoms with Gasteiger partial charge < -0.3 is 25.0 Å². The van der Waals surface area contributed by atoms with Gasteiger partial charge in [0.2, 0.25) is 0 Å². The van der Waals surface area contributed by atoms with Crippen molar-refractivity contribution in [1.29, 1.82) is 0 Å². The van der Waals surface area contributed by atoms with E-state index >= 15 is 0 Å². The normalized spacial score (nSPS) is 10.8. The van der Waals surface area contributed by atoms with Crippen molar-refractivity contribution in [3.63, 3.8) is 0 Å². The Morgan fingerprint density at radius 1 is 0.365 bits per heavy atom. The van der Waals surface area contributed by atoms with Gasteiger partial charge in [-0.2, -0.15) is 0 Å². The second-order valence-electron chi connectivity index (χ2n) is 29.2. The number of aliphatic hydroxyl groups excluding tert-OH is 1. The number of benzene rings is 11. The van der Waals surface area contributed by atoms with E-state index in [2.05, 4.69) is 196 Å². The van der Waals surface area contributed by atoms with Crippen molar-refractivity contribution in [3.8, 4) is 101 Å². The summed E-state index contributed by atoms with van der Waals surface area (Å²) in [6.07, 6.45) is 10.4. The van der Waals surface area contributed by atoms with E-state index in [4.69, 9.17) is 15.1 Å². The molecule has 2 aliphatic heterocycles. The predicted octanol–water partition coefficient (Wildman–Crippen LogP) is 26.6. The van der Waals surface area contributed by atoms with Crippen LogP contribution in [0.15, 0.2) is 370 Å². The molecule has 7 aromatic heterocycles. The maximum atomic E-state index is 13.5. The Bertz CT molecular complexity index is 6150. The maximum Gasteiger partial charge on any atom is 0.155 e. The van der Waals surface area contributed by atoms with Crippen LogP contribution in [0.5, 0.6) is 0 Å². The number of hydrogen-bond acceptors (Lipinski definition) is 10. The van der Waals surface area contributed by atoms with E-state index in [-0.39, 0.29) is 97.8 Å². The Morgan fingerprint density at radius 3 is 1.12 bits per heavy atom. The van der Waals surface area contributed by atoms with Crippen molar-refractivity contribution in [2.24, 2.45) is 0 Å². The van der Waals surface area contributed by atoms with E-state index in [9.17, 15) is 9.18 Å². The number of carbonyl (C=O) groups excluding carboxylic acids is 1. The summed E-state index contributed by atoms with van der Waals surface area (Å²) in [5, 5.41) is 9.18. The van der Waals surface area contributed by atoms with Crippen molar-refractivity contribution in [1.82, 2.24) is 34.9 Å². The number of nitrogens with zero attached hydrogens (tertiary/aromatic N) is 8. The molecule has 20 rings (SSSR count). The van der Waals surface area contributed by atoms with Gasteiger partial charge in [-0.05, 0) is 149 Å². The Labute approximate surface area is 792 Å². The summed E-state index contributed by atoms with van der Waals surface area (Å²) in [5.41, 5.74) is 31.0. The molecule has 0 saturated heterocycles. The summed E-state index contributed by atoms with van der Waals surface area (Å²) >= 11 is 0. The van der Waals surface area contributed by atoms with Gasteiger partial charge in [0.25, 0.3) is 0 Å². The molecule has 1 N–H and O–H groups in total. The van der Waals surface area contributed by atoms with Crippen LogP contribution in [0.2, 0.25) is 0 Å². The molecule has 18 aromatic rings. The van der Waals surface area contributed by atoms with Gasteiger partial charge in [-0.1, -0.05) is 166 Å². The molecule has 0 saturated carbocycles. The number of ketones is 1. The van der Waals surface area contributed by atoms with E-state index in [1.54, 1.807) is 25.4 Å². The zero-order chi connectivity index (χ0) is 84.5. The molecule has 126 heavy (non-hydrogen) atoms. The molecule has 9 heterocycles. The average molecular weight is 2350 g/mol. The van der Waals surface area contributed by atoms with Crippen molar-refractivity contribution in [2.75, 3.05) is 4.90 Å². The van der Waals surface area contributed by atoms with Gasteiger partial charge in [-0.25, -0.2) is 4.39 Å². The first-order chi connectivity index (χ1) is 59.6. The summed E-state index contributed by atoms with van der Waals surface area (Å²) in [5.74, 6) is 1.68. The summed E-state index contributed by atoms with van der Waals surface area (Å²) in [6.45, 7) is 12.9. The molecule has 0 aliphatic carbocycles. The fourth-order valence-electron chi connectivity index (χ4n) is 14.2. The van der Waals surface area contributed by atoms with Gasteiger partial charge in [0, 0.05) is 141 Å². The number of aryl methyl sites for hydroxylation is 5.